The SMILES string of the molecule is CC(Nc1cc(C(=O)O)c(N)cc1F)c1nncn1C. The Bertz CT molecular complexity index is 655. The van der Waals surface area contributed by atoms with Crippen molar-refractivity contribution in [1.82, 2.24) is 14.8 Å². The zero-order valence-corrected chi connectivity index (χ0v) is 11.0. The Balaban J connectivity index is 2.32. The van der Waals surface area contributed by atoms with E-state index in [1.165, 1.54) is 12.4 Å². The summed E-state index contributed by atoms with van der Waals surface area (Å²) in [4.78, 5) is 11.0. The van der Waals surface area contributed by atoms with Crippen LogP contribution in [0.1, 0.15) is 29.1 Å². The highest BCUT2D eigenvalue weighted by Gasteiger charge is 2.17. The molecule has 0 radical (unpaired) electrons. The molecule has 4 N–H and O–H groups in total. The number of carbonyl (C=O) groups is 1. The second-order valence-electron chi connectivity index (χ2n) is 4.39. The van der Waals surface area contributed by atoms with Crippen LogP contribution >= 0.6 is 0 Å². The normalized spacial score (nSPS) is 12.2. The highest BCUT2D eigenvalue weighted by Crippen LogP contribution is 2.25. The maximum atomic E-state index is 13.8. The Labute approximate surface area is 114 Å². The molecule has 0 aliphatic heterocycles. The Morgan fingerprint density at radius 1 is 1.55 bits per heavy atom. The lowest BCUT2D eigenvalue weighted by Crippen LogP contribution is -2.14. The van der Waals surface area contributed by atoms with E-state index < -0.39 is 11.8 Å². The van der Waals surface area contributed by atoms with Gasteiger partial charge in [-0.2, -0.15) is 0 Å². The van der Waals surface area contributed by atoms with E-state index in [4.69, 9.17) is 10.8 Å². The summed E-state index contributed by atoms with van der Waals surface area (Å²) in [6.45, 7) is 1.76. The first kappa shape index (κ1) is 13.8. The molecule has 0 bridgehead atoms. The van der Waals surface area contributed by atoms with Crippen LogP contribution < -0.4 is 11.1 Å². The predicted molar refractivity (Wildman–Crippen MR) is 70.8 cm³/mol. The molecular formula is C12H14FN5O2. The van der Waals surface area contributed by atoms with Crippen molar-refractivity contribution in [2.45, 2.75) is 13.0 Å². The molecular weight excluding hydrogens is 265 g/mol. The van der Waals surface area contributed by atoms with E-state index in [0.29, 0.717) is 5.82 Å². The molecule has 1 atom stereocenters. The summed E-state index contributed by atoms with van der Waals surface area (Å²) in [6.07, 6.45) is 1.52. The number of rotatable bonds is 4. The van der Waals surface area contributed by atoms with Gasteiger partial charge in [0.15, 0.2) is 5.82 Å². The Kier molecular flexibility index (Phi) is 3.55. The molecule has 0 aliphatic rings. The van der Waals surface area contributed by atoms with E-state index in [9.17, 15) is 9.18 Å². The second kappa shape index (κ2) is 5.16. The number of anilines is 2. The highest BCUT2D eigenvalue weighted by atomic mass is 19.1. The Hall–Kier alpha value is -2.64. The van der Waals surface area contributed by atoms with E-state index in [-0.39, 0.29) is 23.0 Å². The summed E-state index contributed by atoms with van der Waals surface area (Å²) in [6, 6.07) is 1.80. The van der Waals surface area contributed by atoms with E-state index in [1.54, 1.807) is 18.5 Å². The first-order valence-electron chi connectivity index (χ1n) is 5.83. The zero-order valence-electron chi connectivity index (χ0n) is 11.0. The van der Waals surface area contributed by atoms with E-state index >= 15 is 0 Å². The fourth-order valence-electron chi connectivity index (χ4n) is 1.87. The first-order chi connectivity index (χ1) is 9.40. The quantitative estimate of drug-likeness (QED) is 0.730. The van der Waals surface area contributed by atoms with Gasteiger partial charge in [0.1, 0.15) is 12.1 Å². The van der Waals surface area contributed by atoms with Crippen molar-refractivity contribution in [1.29, 1.82) is 0 Å². The summed E-state index contributed by atoms with van der Waals surface area (Å²) in [5, 5.41) is 19.5. The van der Waals surface area contributed by atoms with Crippen molar-refractivity contribution in [3.63, 3.8) is 0 Å². The van der Waals surface area contributed by atoms with Gasteiger partial charge in [0, 0.05) is 12.7 Å². The first-order valence-corrected chi connectivity index (χ1v) is 5.83. The topological polar surface area (TPSA) is 106 Å². The number of benzene rings is 1. The van der Waals surface area contributed by atoms with Crippen LogP contribution in [0.5, 0.6) is 0 Å². The fourth-order valence-corrected chi connectivity index (χ4v) is 1.87. The van der Waals surface area contributed by atoms with Gasteiger partial charge in [0.05, 0.1) is 17.3 Å². The molecule has 106 valence electrons. The third-order valence-corrected chi connectivity index (χ3v) is 2.88. The number of nitrogens with one attached hydrogen (secondary N) is 1. The van der Waals surface area contributed by atoms with Crippen molar-refractivity contribution in [2.24, 2.45) is 7.05 Å². The molecule has 2 aromatic rings. The number of aryl methyl sites for hydroxylation is 1. The van der Waals surface area contributed by atoms with Crippen LogP contribution in [-0.2, 0) is 7.05 Å². The molecule has 20 heavy (non-hydrogen) atoms. The van der Waals surface area contributed by atoms with Crippen molar-refractivity contribution >= 4 is 17.3 Å². The molecule has 1 unspecified atom stereocenters. The van der Waals surface area contributed by atoms with Gasteiger partial charge in [-0.1, -0.05) is 0 Å². The highest BCUT2D eigenvalue weighted by molar-refractivity contribution is 5.94. The Morgan fingerprint density at radius 2 is 2.25 bits per heavy atom. The monoisotopic (exact) mass is 279 g/mol. The van der Waals surface area contributed by atoms with Crippen LogP contribution in [0.2, 0.25) is 0 Å². The number of carboxylic acid groups (broad SMARTS) is 1. The van der Waals surface area contributed by atoms with Gasteiger partial charge in [0.2, 0.25) is 0 Å². The van der Waals surface area contributed by atoms with Gasteiger partial charge in [-0.05, 0) is 19.1 Å². The number of nitrogens with two attached hydrogens (primary N) is 1. The minimum atomic E-state index is -1.21. The molecule has 1 heterocycles. The summed E-state index contributed by atoms with van der Waals surface area (Å²) in [5.74, 6) is -1.24. The fraction of sp³-hybridized carbons (Fsp3) is 0.250. The van der Waals surface area contributed by atoms with Crippen LogP contribution in [0.15, 0.2) is 18.5 Å². The minimum absolute atomic E-state index is 0.0482. The number of hydrogen-bond acceptors (Lipinski definition) is 5. The third-order valence-electron chi connectivity index (χ3n) is 2.88. The number of aromatic nitrogens is 3. The van der Waals surface area contributed by atoms with Gasteiger partial charge in [0.25, 0.3) is 0 Å². The average Bonchev–Trinajstić information content (AvgIpc) is 2.78. The number of halogens is 1. The number of nitrogen functional groups attached to an aromatic ring is 1. The molecule has 0 saturated carbocycles. The van der Waals surface area contributed by atoms with Gasteiger partial charge >= 0.3 is 5.97 Å². The number of nitrogens with zero attached hydrogens (tertiary/aromatic N) is 3. The number of carboxylic acids is 1. The summed E-state index contributed by atoms with van der Waals surface area (Å²) >= 11 is 0. The second-order valence-corrected chi connectivity index (χ2v) is 4.39. The minimum Gasteiger partial charge on any atom is -0.478 e. The number of hydrogen-bond donors (Lipinski definition) is 3. The molecule has 1 aromatic carbocycles. The van der Waals surface area contributed by atoms with Crippen molar-refractivity contribution in [3.8, 4) is 0 Å². The molecule has 1 aromatic heterocycles. The van der Waals surface area contributed by atoms with Crippen LogP contribution in [0.25, 0.3) is 0 Å². The van der Waals surface area contributed by atoms with Gasteiger partial charge in [-0.15, -0.1) is 10.2 Å². The standard InChI is InChI=1S/C12H14FN5O2/c1-6(11-17-15-5-18(11)2)16-10-3-7(12(19)20)9(14)4-8(10)13/h3-6,16H,14H2,1-2H3,(H,19,20). The van der Waals surface area contributed by atoms with Crippen molar-refractivity contribution < 1.29 is 14.3 Å². The number of aromatic carboxylic acids is 1. The Morgan fingerprint density at radius 3 is 2.80 bits per heavy atom. The lowest BCUT2D eigenvalue weighted by molar-refractivity contribution is 0.0698. The average molecular weight is 279 g/mol. The van der Waals surface area contributed by atoms with Crippen LogP contribution in [0.3, 0.4) is 0 Å². The van der Waals surface area contributed by atoms with Gasteiger partial charge < -0.3 is 20.7 Å². The lowest BCUT2D eigenvalue weighted by Gasteiger charge is -2.16. The summed E-state index contributed by atoms with van der Waals surface area (Å²) in [7, 11) is 1.76. The molecule has 0 fully saturated rings. The molecule has 7 nitrogen and oxygen atoms in total. The molecule has 2 rings (SSSR count). The van der Waals surface area contributed by atoms with Crippen LogP contribution in [-0.4, -0.2) is 25.8 Å². The van der Waals surface area contributed by atoms with E-state index in [1.807, 2.05) is 0 Å². The molecule has 0 saturated heterocycles. The van der Waals surface area contributed by atoms with Crippen molar-refractivity contribution in [3.05, 3.63) is 35.7 Å². The largest absolute Gasteiger partial charge is 0.478 e. The lowest BCUT2D eigenvalue weighted by atomic mass is 10.1. The molecule has 0 aliphatic carbocycles. The van der Waals surface area contributed by atoms with E-state index in [2.05, 4.69) is 15.5 Å². The van der Waals surface area contributed by atoms with E-state index in [0.717, 1.165) is 6.07 Å². The van der Waals surface area contributed by atoms with Crippen LogP contribution in [0.4, 0.5) is 15.8 Å². The summed E-state index contributed by atoms with van der Waals surface area (Å²) < 4.78 is 15.5. The molecule has 8 heteroatoms. The summed E-state index contributed by atoms with van der Waals surface area (Å²) in [5.41, 5.74) is 5.24. The van der Waals surface area contributed by atoms with Gasteiger partial charge in [-0.3, -0.25) is 0 Å². The smallest absolute Gasteiger partial charge is 0.337 e. The third kappa shape index (κ3) is 2.53. The maximum absolute atomic E-state index is 13.8. The van der Waals surface area contributed by atoms with Crippen LogP contribution in [0, 0.1) is 5.82 Å². The maximum Gasteiger partial charge on any atom is 0.337 e. The zero-order chi connectivity index (χ0) is 14.9. The predicted octanol–water partition coefficient (Wildman–Crippen LogP) is 1.41. The van der Waals surface area contributed by atoms with Gasteiger partial charge in [-0.25, -0.2) is 9.18 Å². The molecule has 0 spiro atoms. The molecule has 0 amide bonds. The van der Waals surface area contributed by atoms with Crippen molar-refractivity contribution in [2.75, 3.05) is 11.1 Å².